The van der Waals surface area contributed by atoms with E-state index in [1.165, 1.54) is 18.0 Å². The van der Waals surface area contributed by atoms with E-state index >= 15 is 0 Å². The molecule has 1 atom stereocenters. The third kappa shape index (κ3) is 4.67. The van der Waals surface area contributed by atoms with Crippen molar-refractivity contribution in [3.05, 3.63) is 35.6 Å². The van der Waals surface area contributed by atoms with E-state index in [1.807, 2.05) is 0 Å². The summed E-state index contributed by atoms with van der Waals surface area (Å²) >= 11 is 0. The number of aliphatic carboxylic acids is 1. The molecule has 0 aliphatic heterocycles. The Kier molecular flexibility index (Phi) is 5.44. The van der Waals surface area contributed by atoms with Gasteiger partial charge in [0.25, 0.3) is 0 Å². The quantitative estimate of drug-likeness (QED) is 0.805. The van der Waals surface area contributed by atoms with Gasteiger partial charge in [-0.05, 0) is 12.5 Å². The van der Waals surface area contributed by atoms with Crippen LogP contribution in [0.5, 0.6) is 0 Å². The minimum atomic E-state index is -1.000. The minimum absolute atomic E-state index is 0.0653. The fourth-order valence-corrected chi connectivity index (χ4v) is 1.65. The van der Waals surface area contributed by atoms with Gasteiger partial charge in [-0.3, -0.25) is 9.59 Å². The average molecular weight is 268 g/mol. The molecule has 0 spiro atoms. The van der Waals surface area contributed by atoms with Gasteiger partial charge in [-0.2, -0.15) is 0 Å². The summed E-state index contributed by atoms with van der Waals surface area (Å²) in [5.74, 6) is -1.79. The van der Waals surface area contributed by atoms with Gasteiger partial charge < -0.3 is 15.7 Å². The van der Waals surface area contributed by atoms with Gasteiger partial charge in [0.15, 0.2) is 0 Å². The molecule has 1 amide bonds. The number of rotatable bonds is 6. The van der Waals surface area contributed by atoms with Crippen LogP contribution in [0.4, 0.5) is 4.39 Å². The van der Waals surface area contributed by atoms with Crippen molar-refractivity contribution < 1.29 is 19.1 Å². The third-order valence-electron chi connectivity index (χ3n) is 2.73. The Morgan fingerprint density at radius 2 is 2.05 bits per heavy atom. The van der Waals surface area contributed by atoms with E-state index < -0.39 is 17.9 Å². The van der Waals surface area contributed by atoms with Crippen molar-refractivity contribution in [2.45, 2.75) is 25.4 Å². The SMILES string of the molecule is CN(Cc1ccccc1F)C(=O)C(N)CCC(=O)O. The first-order valence-corrected chi connectivity index (χ1v) is 5.87. The van der Waals surface area contributed by atoms with E-state index in [9.17, 15) is 14.0 Å². The fraction of sp³-hybridized carbons (Fsp3) is 0.385. The molecule has 3 N–H and O–H groups in total. The number of amides is 1. The summed E-state index contributed by atoms with van der Waals surface area (Å²) in [6.45, 7) is 0.103. The molecule has 104 valence electrons. The monoisotopic (exact) mass is 268 g/mol. The molecule has 6 heteroatoms. The zero-order chi connectivity index (χ0) is 14.4. The van der Waals surface area contributed by atoms with Crippen LogP contribution in [0.1, 0.15) is 18.4 Å². The maximum absolute atomic E-state index is 13.4. The van der Waals surface area contributed by atoms with Crippen LogP contribution in [0, 0.1) is 5.82 Å². The lowest BCUT2D eigenvalue weighted by Crippen LogP contribution is -2.41. The number of carboxylic acids is 1. The van der Waals surface area contributed by atoms with Gasteiger partial charge in [0.05, 0.1) is 6.04 Å². The summed E-state index contributed by atoms with van der Waals surface area (Å²) in [7, 11) is 1.51. The second kappa shape index (κ2) is 6.84. The van der Waals surface area contributed by atoms with Crippen LogP contribution in [0.3, 0.4) is 0 Å². The molecule has 1 aromatic rings. The first kappa shape index (κ1) is 15.1. The highest BCUT2D eigenvalue weighted by Crippen LogP contribution is 2.10. The van der Waals surface area contributed by atoms with Crippen LogP contribution in [0.25, 0.3) is 0 Å². The molecular weight excluding hydrogens is 251 g/mol. The minimum Gasteiger partial charge on any atom is -0.481 e. The highest BCUT2D eigenvalue weighted by molar-refractivity contribution is 5.82. The molecule has 0 aliphatic rings. The lowest BCUT2D eigenvalue weighted by atomic mass is 10.1. The van der Waals surface area contributed by atoms with Crippen LogP contribution in [0.2, 0.25) is 0 Å². The summed E-state index contributed by atoms with van der Waals surface area (Å²) in [5, 5.41) is 8.52. The molecule has 5 nitrogen and oxygen atoms in total. The summed E-state index contributed by atoms with van der Waals surface area (Å²) in [6, 6.07) is 5.27. The predicted molar refractivity (Wildman–Crippen MR) is 67.7 cm³/mol. The van der Waals surface area contributed by atoms with Crippen molar-refractivity contribution in [2.24, 2.45) is 5.73 Å². The maximum atomic E-state index is 13.4. The van der Waals surface area contributed by atoms with Crippen LogP contribution < -0.4 is 5.73 Å². The molecule has 0 saturated heterocycles. The Morgan fingerprint density at radius 3 is 2.63 bits per heavy atom. The molecule has 0 heterocycles. The molecule has 19 heavy (non-hydrogen) atoms. The molecule has 1 aromatic carbocycles. The third-order valence-corrected chi connectivity index (χ3v) is 2.73. The number of benzene rings is 1. The van der Waals surface area contributed by atoms with Crippen LogP contribution in [-0.4, -0.2) is 35.0 Å². The number of hydrogen-bond acceptors (Lipinski definition) is 3. The molecule has 0 bridgehead atoms. The number of nitrogens with two attached hydrogens (primary N) is 1. The van der Waals surface area contributed by atoms with Crippen LogP contribution >= 0.6 is 0 Å². The first-order valence-electron chi connectivity index (χ1n) is 5.87. The lowest BCUT2D eigenvalue weighted by molar-refractivity contribution is -0.137. The van der Waals surface area contributed by atoms with Gasteiger partial charge in [0.2, 0.25) is 5.91 Å². The maximum Gasteiger partial charge on any atom is 0.303 e. The molecule has 0 saturated carbocycles. The number of likely N-dealkylation sites (N-methyl/N-ethyl adjacent to an activating group) is 1. The van der Waals surface area contributed by atoms with E-state index in [1.54, 1.807) is 18.2 Å². The van der Waals surface area contributed by atoms with Gasteiger partial charge in [-0.15, -0.1) is 0 Å². The number of nitrogens with zero attached hydrogens (tertiary/aromatic N) is 1. The standard InChI is InChI=1S/C13H17FN2O3/c1-16(8-9-4-2-3-5-10(9)14)13(19)11(15)6-7-12(17)18/h2-5,11H,6-8,15H2,1H3,(H,17,18). The smallest absolute Gasteiger partial charge is 0.303 e. The van der Waals surface area contributed by atoms with Crippen LogP contribution in [0.15, 0.2) is 24.3 Å². The lowest BCUT2D eigenvalue weighted by Gasteiger charge is -2.21. The zero-order valence-corrected chi connectivity index (χ0v) is 10.7. The molecule has 0 aliphatic carbocycles. The topological polar surface area (TPSA) is 83.6 Å². The van der Waals surface area contributed by atoms with Gasteiger partial charge >= 0.3 is 5.97 Å². The molecular formula is C13H17FN2O3. The summed E-state index contributed by atoms with van der Waals surface area (Å²) in [5.41, 5.74) is 6.00. The number of carbonyl (C=O) groups excluding carboxylic acids is 1. The summed E-state index contributed by atoms with van der Waals surface area (Å²) in [6.07, 6.45) is -0.101. The van der Waals surface area contributed by atoms with E-state index in [4.69, 9.17) is 10.8 Å². The number of carboxylic acid groups (broad SMARTS) is 1. The largest absolute Gasteiger partial charge is 0.481 e. The molecule has 1 rings (SSSR count). The Labute approximate surface area is 110 Å². The predicted octanol–water partition coefficient (Wildman–Crippen LogP) is 0.976. The molecule has 0 fully saturated rings. The van der Waals surface area contributed by atoms with Gasteiger partial charge in [-0.1, -0.05) is 18.2 Å². The van der Waals surface area contributed by atoms with Crippen LogP contribution in [-0.2, 0) is 16.1 Å². The van der Waals surface area contributed by atoms with Gasteiger partial charge in [0, 0.05) is 25.6 Å². The van der Waals surface area contributed by atoms with E-state index in [-0.39, 0.29) is 25.2 Å². The molecule has 1 unspecified atom stereocenters. The van der Waals surface area contributed by atoms with E-state index in [0.29, 0.717) is 5.56 Å². The summed E-state index contributed by atoms with van der Waals surface area (Å²) in [4.78, 5) is 23.6. The number of halogens is 1. The second-order valence-corrected chi connectivity index (χ2v) is 4.32. The van der Waals surface area contributed by atoms with Gasteiger partial charge in [-0.25, -0.2) is 4.39 Å². The van der Waals surface area contributed by atoms with Crippen molar-refractivity contribution in [1.29, 1.82) is 0 Å². The Hall–Kier alpha value is -1.95. The summed E-state index contributed by atoms with van der Waals surface area (Å²) < 4.78 is 13.4. The first-order chi connectivity index (χ1) is 8.91. The highest BCUT2D eigenvalue weighted by atomic mass is 19.1. The number of carbonyl (C=O) groups is 2. The average Bonchev–Trinajstić information content (AvgIpc) is 2.37. The van der Waals surface area contributed by atoms with Crippen molar-refractivity contribution >= 4 is 11.9 Å². The Morgan fingerprint density at radius 1 is 1.42 bits per heavy atom. The number of hydrogen-bond donors (Lipinski definition) is 2. The van der Waals surface area contributed by atoms with E-state index in [0.717, 1.165) is 0 Å². The molecule has 0 aromatic heterocycles. The van der Waals surface area contributed by atoms with Crippen molar-refractivity contribution in [3.63, 3.8) is 0 Å². The fourth-order valence-electron chi connectivity index (χ4n) is 1.65. The Bertz CT molecular complexity index is 465. The van der Waals surface area contributed by atoms with Crippen molar-refractivity contribution in [3.8, 4) is 0 Å². The van der Waals surface area contributed by atoms with E-state index in [2.05, 4.69) is 0 Å². The van der Waals surface area contributed by atoms with Crippen molar-refractivity contribution in [1.82, 2.24) is 4.90 Å². The highest BCUT2D eigenvalue weighted by Gasteiger charge is 2.19. The zero-order valence-electron chi connectivity index (χ0n) is 10.7. The van der Waals surface area contributed by atoms with Crippen molar-refractivity contribution in [2.75, 3.05) is 7.05 Å². The second-order valence-electron chi connectivity index (χ2n) is 4.32. The molecule has 0 radical (unpaired) electrons. The normalized spacial score (nSPS) is 11.9. The Balaban J connectivity index is 2.57. The van der Waals surface area contributed by atoms with Gasteiger partial charge in [0.1, 0.15) is 5.82 Å².